The van der Waals surface area contributed by atoms with Crippen molar-refractivity contribution in [2.24, 2.45) is 0 Å². The van der Waals surface area contributed by atoms with Crippen LogP contribution < -0.4 is 4.74 Å². The van der Waals surface area contributed by atoms with E-state index in [1.165, 1.54) is 0 Å². The Morgan fingerprint density at radius 2 is 1.29 bits per heavy atom. The minimum atomic E-state index is -0.975. The van der Waals surface area contributed by atoms with Crippen molar-refractivity contribution in [3.05, 3.63) is 90.0 Å². The predicted molar refractivity (Wildman–Crippen MR) is 92.2 cm³/mol. The molecule has 118 valence electrons. The lowest BCUT2D eigenvalue weighted by atomic mass is 9.91. The summed E-state index contributed by atoms with van der Waals surface area (Å²) in [4.78, 5) is 12.0. The number of carbonyl (C=O) groups is 1. The monoisotopic (exact) mass is 316 g/mol. The molecule has 0 bridgehead atoms. The second-order valence-electron chi connectivity index (χ2n) is 5.84. The highest BCUT2D eigenvalue weighted by Crippen LogP contribution is 2.46. The Kier molecular flexibility index (Phi) is 3.54. The van der Waals surface area contributed by atoms with E-state index in [1.54, 1.807) is 12.1 Å². The van der Waals surface area contributed by atoms with Crippen molar-refractivity contribution in [2.45, 2.75) is 12.0 Å². The predicted octanol–water partition coefficient (Wildman–Crippen LogP) is 4.33. The molecular formula is C21H16O3. The van der Waals surface area contributed by atoms with Gasteiger partial charge < -0.3 is 9.84 Å². The Bertz CT molecular complexity index is 841. The van der Waals surface area contributed by atoms with E-state index >= 15 is 0 Å². The first-order chi connectivity index (χ1) is 11.8. The van der Waals surface area contributed by atoms with E-state index in [9.17, 15) is 9.90 Å². The van der Waals surface area contributed by atoms with Crippen LogP contribution in [0.1, 0.15) is 17.0 Å². The minimum Gasteiger partial charge on any atom is -0.478 e. The zero-order chi connectivity index (χ0) is 16.5. The number of hydrogen-bond acceptors (Lipinski definition) is 2. The third kappa shape index (κ3) is 2.35. The summed E-state index contributed by atoms with van der Waals surface area (Å²) in [5, 5.41) is 9.82. The molecule has 0 heterocycles. The molecule has 0 spiro atoms. The highest BCUT2D eigenvalue weighted by atomic mass is 16.5. The summed E-state index contributed by atoms with van der Waals surface area (Å²) >= 11 is 0. The Labute approximate surface area is 140 Å². The van der Waals surface area contributed by atoms with Crippen molar-refractivity contribution in [2.75, 3.05) is 0 Å². The molecule has 0 radical (unpaired) electrons. The van der Waals surface area contributed by atoms with Gasteiger partial charge in [-0.1, -0.05) is 66.7 Å². The highest BCUT2D eigenvalue weighted by Gasteiger charge is 2.39. The normalized spacial score (nSPS) is 13.8. The number of rotatable bonds is 4. The highest BCUT2D eigenvalue weighted by molar-refractivity contribution is 5.84. The van der Waals surface area contributed by atoms with Gasteiger partial charge in [-0.3, -0.25) is 0 Å². The lowest BCUT2D eigenvalue weighted by molar-refractivity contribution is -0.145. The topological polar surface area (TPSA) is 46.5 Å². The van der Waals surface area contributed by atoms with Crippen molar-refractivity contribution in [1.29, 1.82) is 0 Å². The number of hydrogen-bond donors (Lipinski definition) is 1. The maximum atomic E-state index is 12.0. The molecule has 0 saturated carbocycles. The van der Waals surface area contributed by atoms with Gasteiger partial charge in [0.2, 0.25) is 6.10 Å². The fourth-order valence-electron chi connectivity index (χ4n) is 3.43. The van der Waals surface area contributed by atoms with Gasteiger partial charge in [0.25, 0.3) is 0 Å². The molecule has 3 aromatic carbocycles. The minimum absolute atomic E-state index is 0.324. The van der Waals surface area contributed by atoms with Crippen molar-refractivity contribution in [3.8, 4) is 16.9 Å². The first-order valence-corrected chi connectivity index (χ1v) is 7.88. The van der Waals surface area contributed by atoms with Crippen LogP contribution in [0.3, 0.4) is 0 Å². The van der Waals surface area contributed by atoms with Gasteiger partial charge in [-0.05, 0) is 34.4 Å². The molecule has 0 amide bonds. The van der Waals surface area contributed by atoms with Crippen LogP contribution in [0.25, 0.3) is 11.1 Å². The van der Waals surface area contributed by atoms with Gasteiger partial charge in [0.15, 0.2) is 0 Å². The van der Waals surface area contributed by atoms with Crippen LogP contribution in [0.4, 0.5) is 0 Å². The van der Waals surface area contributed by atoms with Gasteiger partial charge >= 0.3 is 5.97 Å². The van der Waals surface area contributed by atoms with E-state index in [0.29, 0.717) is 5.75 Å². The molecule has 0 aliphatic heterocycles. The third-order valence-corrected chi connectivity index (χ3v) is 4.43. The van der Waals surface area contributed by atoms with E-state index in [0.717, 1.165) is 22.3 Å². The van der Waals surface area contributed by atoms with Crippen LogP contribution in [0.5, 0.6) is 5.75 Å². The standard InChI is InChI=1S/C21H16O3/c22-21(23)20(24-14-8-2-1-3-9-14)19-17-12-6-4-10-15(17)16-11-5-7-13-18(16)19/h1-13,19-20H,(H,22,23). The van der Waals surface area contributed by atoms with Gasteiger partial charge in [0, 0.05) is 0 Å². The molecule has 1 unspecified atom stereocenters. The summed E-state index contributed by atoms with van der Waals surface area (Å²) in [5.41, 5.74) is 4.17. The second-order valence-corrected chi connectivity index (χ2v) is 5.84. The lowest BCUT2D eigenvalue weighted by Crippen LogP contribution is -2.33. The van der Waals surface area contributed by atoms with E-state index in [2.05, 4.69) is 0 Å². The molecule has 0 aromatic heterocycles. The molecule has 3 nitrogen and oxygen atoms in total. The number of fused-ring (bicyclic) bond motifs is 3. The molecule has 1 atom stereocenters. The van der Waals surface area contributed by atoms with E-state index < -0.39 is 12.1 Å². The van der Waals surface area contributed by atoms with Crippen molar-refractivity contribution in [3.63, 3.8) is 0 Å². The SMILES string of the molecule is O=C(O)C(Oc1ccccc1)C1c2ccccc2-c2ccccc21. The Hall–Kier alpha value is -3.07. The van der Waals surface area contributed by atoms with Crippen LogP contribution in [0.15, 0.2) is 78.9 Å². The van der Waals surface area contributed by atoms with Gasteiger partial charge in [-0.2, -0.15) is 0 Å². The lowest BCUT2D eigenvalue weighted by Gasteiger charge is -2.23. The average molecular weight is 316 g/mol. The molecule has 3 heteroatoms. The van der Waals surface area contributed by atoms with Crippen LogP contribution in [0, 0.1) is 0 Å². The first-order valence-electron chi connectivity index (χ1n) is 7.88. The number of carboxylic acid groups (broad SMARTS) is 1. The summed E-state index contributed by atoms with van der Waals surface area (Å²) in [6.45, 7) is 0. The molecule has 1 aliphatic rings. The molecule has 1 N–H and O–H groups in total. The second kappa shape index (κ2) is 5.85. The molecule has 0 fully saturated rings. The summed E-state index contributed by atoms with van der Waals surface area (Å²) < 4.78 is 5.87. The number of carboxylic acids is 1. The molecular weight excluding hydrogens is 300 g/mol. The zero-order valence-electron chi connectivity index (χ0n) is 12.9. The zero-order valence-corrected chi connectivity index (χ0v) is 12.9. The third-order valence-electron chi connectivity index (χ3n) is 4.43. The quantitative estimate of drug-likeness (QED) is 0.779. The van der Waals surface area contributed by atoms with Crippen molar-refractivity contribution < 1.29 is 14.6 Å². The van der Waals surface area contributed by atoms with Crippen molar-refractivity contribution >= 4 is 5.97 Å². The fraction of sp³-hybridized carbons (Fsp3) is 0.0952. The van der Waals surface area contributed by atoms with Crippen LogP contribution in [-0.4, -0.2) is 17.2 Å². The average Bonchev–Trinajstić information content (AvgIpc) is 2.95. The summed E-state index contributed by atoms with van der Waals surface area (Å²) in [6, 6.07) is 25.0. The summed E-state index contributed by atoms with van der Waals surface area (Å²) in [6.07, 6.45) is -0.975. The van der Waals surface area contributed by atoms with Crippen LogP contribution >= 0.6 is 0 Å². The molecule has 0 saturated heterocycles. The van der Waals surface area contributed by atoms with E-state index in [1.807, 2.05) is 66.7 Å². The summed E-state index contributed by atoms with van der Waals surface area (Å²) in [5.74, 6) is -0.725. The van der Waals surface area contributed by atoms with Gasteiger partial charge in [-0.15, -0.1) is 0 Å². The van der Waals surface area contributed by atoms with E-state index in [4.69, 9.17) is 4.74 Å². The Morgan fingerprint density at radius 1 is 0.792 bits per heavy atom. The van der Waals surface area contributed by atoms with Gasteiger partial charge in [0.1, 0.15) is 5.75 Å². The van der Waals surface area contributed by atoms with Gasteiger partial charge in [-0.25, -0.2) is 4.79 Å². The fourth-order valence-corrected chi connectivity index (χ4v) is 3.43. The van der Waals surface area contributed by atoms with Gasteiger partial charge in [0.05, 0.1) is 5.92 Å². The Morgan fingerprint density at radius 3 is 1.83 bits per heavy atom. The Balaban J connectivity index is 1.82. The smallest absolute Gasteiger partial charge is 0.345 e. The first kappa shape index (κ1) is 14.5. The van der Waals surface area contributed by atoms with Crippen LogP contribution in [-0.2, 0) is 4.79 Å². The maximum absolute atomic E-state index is 12.0. The number of benzene rings is 3. The molecule has 24 heavy (non-hydrogen) atoms. The number of ether oxygens (including phenoxy) is 1. The summed E-state index contributed by atoms with van der Waals surface area (Å²) in [7, 11) is 0. The largest absolute Gasteiger partial charge is 0.478 e. The van der Waals surface area contributed by atoms with E-state index in [-0.39, 0.29) is 5.92 Å². The number of para-hydroxylation sites is 1. The maximum Gasteiger partial charge on any atom is 0.345 e. The number of aliphatic carboxylic acids is 1. The van der Waals surface area contributed by atoms with Crippen LogP contribution in [0.2, 0.25) is 0 Å². The molecule has 4 rings (SSSR count). The molecule has 3 aromatic rings. The van der Waals surface area contributed by atoms with Crippen molar-refractivity contribution in [1.82, 2.24) is 0 Å². The molecule has 1 aliphatic carbocycles.